The van der Waals surface area contributed by atoms with Crippen molar-refractivity contribution in [2.45, 2.75) is 19.4 Å². The summed E-state index contributed by atoms with van der Waals surface area (Å²) in [7, 11) is 0. The van der Waals surface area contributed by atoms with Crippen molar-refractivity contribution >= 4 is 11.7 Å². The van der Waals surface area contributed by atoms with Gasteiger partial charge in [-0.05, 0) is 31.2 Å². The highest BCUT2D eigenvalue weighted by atomic mass is 16.6. The van der Waals surface area contributed by atoms with E-state index >= 15 is 0 Å². The Morgan fingerprint density at radius 1 is 1.07 bits per heavy atom. The number of pyridine rings is 1. The number of para-hydroxylation sites is 1. The van der Waals surface area contributed by atoms with E-state index in [0.717, 1.165) is 32.7 Å². The Balaban J connectivity index is 1.50. The van der Waals surface area contributed by atoms with Crippen LogP contribution in [0.5, 0.6) is 5.75 Å². The summed E-state index contributed by atoms with van der Waals surface area (Å²) in [4.78, 5) is 21.1. The Morgan fingerprint density at radius 3 is 2.44 bits per heavy atom. The van der Waals surface area contributed by atoms with Crippen molar-refractivity contribution in [3.8, 4) is 5.75 Å². The van der Waals surface area contributed by atoms with Crippen LogP contribution in [0.2, 0.25) is 0 Å². The van der Waals surface area contributed by atoms with Gasteiger partial charge in [0.1, 0.15) is 5.75 Å². The van der Waals surface area contributed by atoms with E-state index in [0.29, 0.717) is 18.8 Å². The lowest BCUT2D eigenvalue weighted by molar-refractivity contribution is -0.151. The number of carbonyl (C=O) groups is 1. The Labute approximate surface area is 160 Å². The molecule has 0 radical (unpaired) electrons. The minimum atomic E-state index is -0.578. The van der Waals surface area contributed by atoms with Gasteiger partial charge in [0.2, 0.25) is 0 Å². The molecule has 3 rings (SSSR count). The molecule has 27 heavy (non-hydrogen) atoms. The number of anilines is 1. The van der Waals surface area contributed by atoms with Gasteiger partial charge in [0, 0.05) is 57.2 Å². The molecule has 2 aromatic rings. The molecule has 0 N–H and O–H groups in total. The lowest BCUT2D eigenvalue weighted by Gasteiger charge is -2.36. The van der Waals surface area contributed by atoms with Crippen molar-refractivity contribution in [2.24, 2.45) is 0 Å². The molecular weight excluding hydrogens is 342 g/mol. The van der Waals surface area contributed by atoms with Gasteiger partial charge in [0.15, 0.2) is 6.10 Å². The second-order valence-electron chi connectivity index (χ2n) is 6.49. The maximum absolute atomic E-state index is 12.3. The summed E-state index contributed by atoms with van der Waals surface area (Å²) in [5, 5.41) is 0. The zero-order valence-electron chi connectivity index (χ0n) is 15.8. The highest BCUT2D eigenvalue weighted by Crippen LogP contribution is 2.17. The van der Waals surface area contributed by atoms with Crippen LogP contribution in [0, 0.1) is 0 Å². The third-order valence-corrected chi connectivity index (χ3v) is 4.68. The summed E-state index contributed by atoms with van der Waals surface area (Å²) < 4.78 is 11.1. The quantitative estimate of drug-likeness (QED) is 0.667. The molecule has 1 fully saturated rings. The van der Waals surface area contributed by atoms with Gasteiger partial charge in [0.25, 0.3) is 0 Å². The smallest absolute Gasteiger partial charge is 0.347 e. The number of carbonyl (C=O) groups excluding carboxylic acids is 1. The van der Waals surface area contributed by atoms with Gasteiger partial charge < -0.3 is 14.4 Å². The lowest BCUT2D eigenvalue weighted by atomic mass is 10.2. The third-order valence-electron chi connectivity index (χ3n) is 4.68. The number of hydrogen-bond acceptors (Lipinski definition) is 6. The Kier molecular flexibility index (Phi) is 7.04. The molecule has 1 saturated heterocycles. The molecular formula is C21H27N3O3. The number of piperazine rings is 1. The van der Waals surface area contributed by atoms with E-state index in [9.17, 15) is 4.79 Å². The second kappa shape index (κ2) is 9.92. The van der Waals surface area contributed by atoms with Crippen molar-refractivity contribution < 1.29 is 14.3 Å². The number of hydrogen-bond donors (Lipinski definition) is 0. The highest BCUT2D eigenvalue weighted by molar-refractivity contribution is 5.75. The van der Waals surface area contributed by atoms with Crippen LogP contribution in [0.4, 0.5) is 5.69 Å². The summed E-state index contributed by atoms with van der Waals surface area (Å²) in [5.74, 6) is 0.398. The van der Waals surface area contributed by atoms with Crippen molar-refractivity contribution in [1.29, 1.82) is 0 Å². The van der Waals surface area contributed by atoms with Gasteiger partial charge in [-0.25, -0.2) is 4.79 Å². The summed E-state index contributed by atoms with van der Waals surface area (Å²) in [6.07, 6.45) is 3.69. The van der Waals surface area contributed by atoms with Crippen LogP contribution in [0.1, 0.15) is 13.3 Å². The van der Waals surface area contributed by atoms with Crippen molar-refractivity contribution in [3.63, 3.8) is 0 Å². The Bertz CT molecular complexity index is 688. The molecule has 1 aliphatic heterocycles. The molecule has 1 atom stereocenters. The predicted octanol–water partition coefficient (Wildman–Crippen LogP) is 2.60. The zero-order valence-corrected chi connectivity index (χ0v) is 15.8. The molecule has 0 amide bonds. The van der Waals surface area contributed by atoms with Crippen LogP contribution < -0.4 is 9.64 Å². The van der Waals surface area contributed by atoms with E-state index in [4.69, 9.17) is 9.47 Å². The maximum Gasteiger partial charge on any atom is 0.347 e. The fraction of sp³-hybridized carbons (Fsp3) is 0.429. The number of nitrogens with zero attached hydrogens (tertiary/aromatic N) is 3. The highest BCUT2D eigenvalue weighted by Gasteiger charge is 2.24. The van der Waals surface area contributed by atoms with Crippen LogP contribution >= 0.6 is 0 Å². The van der Waals surface area contributed by atoms with Gasteiger partial charge in [-0.3, -0.25) is 9.88 Å². The first kappa shape index (κ1) is 19.2. The fourth-order valence-electron chi connectivity index (χ4n) is 3.21. The molecule has 0 spiro atoms. The molecule has 144 valence electrons. The van der Waals surface area contributed by atoms with E-state index in [2.05, 4.69) is 14.8 Å². The predicted molar refractivity (Wildman–Crippen MR) is 105 cm³/mol. The van der Waals surface area contributed by atoms with Crippen molar-refractivity contribution in [3.05, 3.63) is 54.9 Å². The van der Waals surface area contributed by atoms with Crippen LogP contribution in [-0.2, 0) is 9.53 Å². The SMILES string of the molecule is CCOC(=O)C(CCN1CCN(c2ccncc2)CC1)Oc1ccccc1. The molecule has 0 bridgehead atoms. The van der Waals surface area contributed by atoms with Gasteiger partial charge in [0.05, 0.1) is 6.61 Å². The number of aromatic nitrogens is 1. The third kappa shape index (κ3) is 5.69. The molecule has 0 saturated carbocycles. The molecule has 1 unspecified atom stereocenters. The molecule has 1 aliphatic rings. The van der Waals surface area contributed by atoms with Crippen LogP contribution in [-0.4, -0.2) is 61.3 Å². The standard InChI is InChI=1S/C21H27N3O3/c1-2-26-21(25)20(27-19-6-4-3-5-7-19)10-13-23-14-16-24(17-15-23)18-8-11-22-12-9-18/h3-9,11-12,20H,2,10,13-17H2,1H3. The Hall–Kier alpha value is -2.60. The largest absolute Gasteiger partial charge is 0.479 e. The molecule has 1 aromatic carbocycles. The van der Waals surface area contributed by atoms with E-state index in [1.54, 1.807) is 0 Å². The van der Waals surface area contributed by atoms with E-state index in [1.165, 1.54) is 5.69 Å². The average molecular weight is 369 g/mol. The first-order chi connectivity index (χ1) is 13.3. The minimum absolute atomic E-state index is 0.295. The van der Waals surface area contributed by atoms with Crippen LogP contribution in [0.3, 0.4) is 0 Å². The lowest BCUT2D eigenvalue weighted by Crippen LogP contribution is -2.47. The summed E-state index contributed by atoms with van der Waals surface area (Å²) >= 11 is 0. The molecule has 0 aliphatic carbocycles. The molecule has 1 aromatic heterocycles. The van der Waals surface area contributed by atoms with Gasteiger partial charge in [-0.2, -0.15) is 0 Å². The van der Waals surface area contributed by atoms with Gasteiger partial charge in [-0.15, -0.1) is 0 Å². The van der Waals surface area contributed by atoms with Crippen molar-refractivity contribution in [2.75, 3.05) is 44.2 Å². The topological polar surface area (TPSA) is 54.9 Å². The number of ether oxygens (including phenoxy) is 2. The van der Waals surface area contributed by atoms with E-state index < -0.39 is 6.10 Å². The van der Waals surface area contributed by atoms with Gasteiger partial charge >= 0.3 is 5.97 Å². The normalized spacial score (nSPS) is 16.0. The fourth-order valence-corrected chi connectivity index (χ4v) is 3.21. The molecule has 6 heteroatoms. The molecule has 6 nitrogen and oxygen atoms in total. The van der Waals surface area contributed by atoms with Crippen LogP contribution in [0.25, 0.3) is 0 Å². The zero-order chi connectivity index (χ0) is 18.9. The molecule has 2 heterocycles. The number of esters is 1. The van der Waals surface area contributed by atoms with E-state index in [-0.39, 0.29) is 5.97 Å². The first-order valence-electron chi connectivity index (χ1n) is 9.52. The maximum atomic E-state index is 12.3. The van der Waals surface area contributed by atoms with Crippen LogP contribution in [0.15, 0.2) is 54.9 Å². The number of benzene rings is 1. The minimum Gasteiger partial charge on any atom is -0.479 e. The summed E-state index contributed by atoms with van der Waals surface area (Å²) in [6.45, 7) is 6.84. The Morgan fingerprint density at radius 2 is 1.78 bits per heavy atom. The van der Waals surface area contributed by atoms with Crippen molar-refractivity contribution in [1.82, 2.24) is 9.88 Å². The van der Waals surface area contributed by atoms with Gasteiger partial charge in [-0.1, -0.05) is 18.2 Å². The summed E-state index contributed by atoms with van der Waals surface area (Å²) in [5.41, 5.74) is 1.21. The van der Waals surface area contributed by atoms with E-state index in [1.807, 2.05) is 61.8 Å². The summed E-state index contributed by atoms with van der Waals surface area (Å²) in [6, 6.07) is 13.5. The number of rotatable bonds is 8. The monoisotopic (exact) mass is 369 g/mol. The second-order valence-corrected chi connectivity index (χ2v) is 6.49. The average Bonchev–Trinajstić information content (AvgIpc) is 2.73. The first-order valence-corrected chi connectivity index (χ1v) is 9.52.